The molecule has 0 aliphatic rings. The van der Waals surface area contributed by atoms with Crippen molar-refractivity contribution in [2.24, 2.45) is 0 Å². The van der Waals surface area contributed by atoms with Gasteiger partial charge in [0.05, 0.1) is 0 Å². The van der Waals surface area contributed by atoms with Crippen LogP contribution in [0, 0.1) is 16.5 Å². The lowest BCUT2D eigenvalue weighted by Crippen LogP contribution is -0.856. The van der Waals surface area contributed by atoms with Gasteiger partial charge in [0.2, 0.25) is 0 Å². The molecule has 0 rings (SSSR count). The normalized spacial score (nSPS) is 2.00. The highest BCUT2D eigenvalue weighted by Crippen LogP contribution is 1.15. The summed E-state index contributed by atoms with van der Waals surface area (Å²) in [5.74, 6) is 0. The average Bonchev–Trinajstić information content (AvgIpc) is 2.20. The van der Waals surface area contributed by atoms with E-state index in [4.69, 9.17) is 16.5 Å². The lowest BCUT2D eigenvalue weighted by Gasteiger charge is -1.07. The van der Waals surface area contributed by atoms with Gasteiger partial charge in [-0.3, -0.25) is 0 Å². The Kier molecular flexibility index (Phi) is 13100. The molecule has 0 atom stereocenters. The summed E-state index contributed by atoms with van der Waals surface area (Å²) in [6.45, 7) is 14.5. The van der Waals surface area contributed by atoms with Crippen molar-refractivity contribution in [1.29, 1.82) is 16.5 Å². The smallest absolute Gasteiger partial charge is 0.0187 e. The summed E-state index contributed by atoms with van der Waals surface area (Å²) in [4.78, 5) is 0. The van der Waals surface area contributed by atoms with Gasteiger partial charge in [0.1, 0.15) is 0 Å². The lowest BCUT2D eigenvalue weighted by atomic mass is 11.0. The molecule has 0 aromatic heterocycles. The summed E-state index contributed by atoms with van der Waals surface area (Å²) in [7, 11) is 0. The van der Waals surface area contributed by atoms with Gasteiger partial charge in [-0.25, -0.2) is 11.1 Å². The van der Waals surface area contributed by atoms with Crippen LogP contribution in [0.2, 0.25) is 0 Å². The first-order chi connectivity index (χ1) is 5.00. The second kappa shape index (κ2) is 1980. The summed E-state index contributed by atoms with van der Waals surface area (Å²) < 4.78 is 0. The highest BCUT2D eigenvalue weighted by molar-refractivity contribution is 5.15. The summed E-state index contributed by atoms with van der Waals surface area (Å²) in [5.41, 5.74) is 10.0. The van der Waals surface area contributed by atoms with E-state index in [1.807, 2.05) is 41.5 Å². The number of rotatable bonds is 0. The maximum Gasteiger partial charge on any atom is -0.0187 e. The molecule has 0 heterocycles. The Balaban J connectivity index is -0.00000000379. The average molecular weight is 198 g/mol. The minimum absolute atomic E-state index is 0. The summed E-state index contributed by atoms with van der Waals surface area (Å²) in [5, 5.41) is 5.50. The second-order valence-electron chi connectivity index (χ2n) is 0. The zero-order valence-corrected chi connectivity index (χ0v) is 8.91. The van der Waals surface area contributed by atoms with Crippen molar-refractivity contribution >= 4 is 6.72 Å². The molecule has 13 heavy (non-hydrogen) atoms. The predicted octanol–water partition coefficient (Wildman–Crippen LogP) is 5.37. The Morgan fingerprint density at radius 3 is 0.615 bits per heavy atom. The van der Waals surface area contributed by atoms with Crippen LogP contribution >= 0.6 is 0 Å². The zero-order chi connectivity index (χ0) is 10.0. The molecular weight excluding hydrogens is 164 g/mol. The molecule has 90 valence electrons. The molecule has 0 radical (unpaired) electrons. The number of hydrogen-bond acceptors (Lipinski definition) is 4. The van der Waals surface area contributed by atoms with Crippen LogP contribution in [-0.2, 0) is 0 Å². The highest BCUT2D eigenvalue weighted by Gasteiger charge is 0.936. The minimum atomic E-state index is 0. The lowest BCUT2D eigenvalue weighted by molar-refractivity contribution is 1.05. The van der Waals surface area contributed by atoms with Crippen LogP contribution in [0.15, 0.2) is 0 Å². The standard InChI is InChI=1S/3C2H6.CH3N.2CH4.H2N2.H3N/c4*1-2;;;1-2;/h3*1-2H3;2H,1H2;2*1H4;1-2H;1H3. The van der Waals surface area contributed by atoms with E-state index in [0.29, 0.717) is 0 Å². The van der Waals surface area contributed by atoms with Crippen molar-refractivity contribution in [3.63, 3.8) is 0 Å². The monoisotopic (exact) mass is 198 g/mol. The Morgan fingerprint density at radius 2 is 0.615 bits per heavy atom. The first-order valence-corrected chi connectivity index (χ1v) is 3.60. The van der Waals surface area contributed by atoms with Crippen molar-refractivity contribution in [3.05, 3.63) is 0 Å². The van der Waals surface area contributed by atoms with Crippen LogP contribution in [0.4, 0.5) is 0 Å². The van der Waals surface area contributed by atoms with E-state index in [1.54, 1.807) is 0 Å². The number of hydrogen-bond donors (Lipinski definition) is 4. The van der Waals surface area contributed by atoms with Gasteiger partial charge < -0.3 is 11.6 Å². The van der Waals surface area contributed by atoms with Gasteiger partial charge in [0.25, 0.3) is 0 Å². The minimum Gasteiger partial charge on any atom is -0.344 e. The first kappa shape index (κ1) is 86.2. The molecule has 0 saturated heterocycles. The maximum absolute atomic E-state index is 5.50. The summed E-state index contributed by atoms with van der Waals surface area (Å²) in [6, 6.07) is 0. The van der Waals surface area contributed by atoms with Crippen molar-refractivity contribution in [1.82, 2.24) is 6.15 Å². The van der Waals surface area contributed by atoms with E-state index in [0.717, 1.165) is 0 Å². The van der Waals surface area contributed by atoms with Crippen molar-refractivity contribution in [2.45, 2.75) is 56.4 Å². The summed E-state index contributed by atoms with van der Waals surface area (Å²) >= 11 is 0. The molecule has 0 aromatic carbocycles. The fourth-order valence-corrected chi connectivity index (χ4v) is 0. The van der Waals surface area contributed by atoms with Crippen LogP contribution in [-0.4, -0.2) is 6.72 Å². The SMILES string of the molecule is C.C.C=N.CC.CC.CC.N.N=N. The molecule has 0 unspecified atom stereocenters. The molecule has 0 bridgehead atoms. The first-order valence-electron chi connectivity index (χ1n) is 3.60. The van der Waals surface area contributed by atoms with Crippen LogP contribution in [0.5, 0.6) is 0 Å². The summed E-state index contributed by atoms with van der Waals surface area (Å²) in [6.07, 6.45) is 0. The Hall–Kier alpha value is -0.770. The van der Waals surface area contributed by atoms with E-state index in [2.05, 4.69) is 6.72 Å². The Morgan fingerprint density at radius 1 is 0.615 bits per heavy atom. The molecule has 0 amide bonds. The molecule has 4 nitrogen and oxygen atoms in total. The van der Waals surface area contributed by atoms with Crippen molar-refractivity contribution in [2.75, 3.05) is 0 Å². The second-order valence-corrected chi connectivity index (χ2v) is 0. The van der Waals surface area contributed by atoms with E-state index in [-0.39, 0.29) is 21.0 Å². The van der Waals surface area contributed by atoms with Gasteiger partial charge in [-0.2, -0.15) is 0 Å². The van der Waals surface area contributed by atoms with E-state index in [1.165, 1.54) is 0 Å². The van der Waals surface area contributed by atoms with Crippen LogP contribution < -0.4 is 6.15 Å². The highest BCUT2D eigenvalue weighted by atomic mass is 14.7. The molecule has 4 heteroatoms. The third-order valence-electron chi connectivity index (χ3n) is 0. The van der Waals surface area contributed by atoms with E-state index < -0.39 is 0 Å². The molecule has 0 aliphatic heterocycles. The third-order valence-corrected chi connectivity index (χ3v) is 0. The molecule has 6 N–H and O–H groups in total. The van der Waals surface area contributed by atoms with Gasteiger partial charge in [-0.05, 0) is 6.72 Å². The zero-order valence-electron chi connectivity index (χ0n) is 8.91. The maximum atomic E-state index is 5.50. The molecular formula is C9H34N4. The molecule has 0 fully saturated rings. The van der Waals surface area contributed by atoms with Crippen molar-refractivity contribution < 1.29 is 0 Å². The third kappa shape index (κ3) is 1610. The van der Waals surface area contributed by atoms with Gasteiger partial charge >= 0.3 is 0 Å². The molecule has 0 spiro atoms. The number of nitrogens with one attached hydrogen (secondary N) is 3. The van der Waals surface area contributed by atoms with E-state index in [9.17, 15) is 0 Å². The van der Waals surface area contributed by atoms with Crippen LogP contribution in [0.1, 0.15) is 56.4 Å². The Labute approximate surface area is 86.5 Å². The molecule has 0 aliphatic carbocycles. The van der Waals surface area contributed by atoms with Gasteiger partial charge in [0, 0.05) is 0 Å². The van der Waals surface area contributed by atoms with Crippen molar-refractivity contribution in [3.8, 4) is 0 Å². The topological polar surface area (TPSA) is 107 Å². The molecule has 0 saturated carbocycles. The quantitative estimate of drug-likeness (QED) is 0.304. The van der Waals surface area contributed by atoms with Crippen LogP contribution in [0.3, 0.4) is 0 Å². The van der Waals surface area contributed by atoms with Crippen LogP contribution in [0.25, 0.3) is 0 Å². The predicted molar refractivity (Wildman–Crippen MR) is 67.8 cm³/mol. The fourth-order valence-electron chi connectivity index (χ4n) is 0. The van der Waals surface area contributed by atoms with E-state index >= 15 is 0 Å². The largest absolute Gasteiger partial charge is 0.344 e. The molecule has 0 aromatic rings. The van der Waals surface area contributed by atoms with Gasteiger partial charge in [-0.1, -0.05) is 56.4 Å². The van der Waals surface area contributed by atoms with Gasteiger partial charge in [0.15, 0.2) is 0 Å². The fraction of sp³-hybridized carbons (Fsp3) is 0.889. The Bertz CT molecular complexity index is 13.6. The van der Waals surface area contributed by atoms with Gasteiger partial charge in [-0.15, -0.1) is 0 Å².